The Morgan fingerprint density at radius 1 is 1.28 bits per heavy atom. The Balaban J connectivity index is 1.91. The van der Waals surface area contributed by atoms with Crippen LogP contribution in [-0.4, -0.2) is 29.6 Å². The Bertz CT molecular complexity index is 461. The van der Waals surface area contributed by atoms with Crippen molar-refractivity contribution < 1.29 is 4.79 Å². The molecule has 1 aliphatic rings. The van der Waals surface area contributed by atoms with Gasteiger partial charge >= 0.3 is 0 Å². The van der Waals surface area contributed by atoms with Crippen LogP contribution in [0.2, 0.25) is 0 Å². The van der Waals surface area contributed by atoms with Gasteiger partial charge in [0.2, 0.25) is 5.91 Å². The molecule has 0 radical (unpaired) electrons. The monoisotopic (exact) mass is 260 g/mol. The minimum Gasteiger partial charge on any atom is -0.342 e. The Morgan fingerprint density at radius 2 is 2.00 bits per heavy atom. The summed E-state index contributed by atoms with van der Waals surface area (Å²) in [4.78, 5) is 14.8. The second kappa shape index (κ2) is 6.46. The highest BCUT2D eigenvalue weighted by molar-refractivity contribution is 8.00. The molecular weight excluding hydrogens is 244 g/mol. The second-order valence-electron chi connectivity index (χ2n) is 4.34. The fraction of sp³-hybridized carbons (Fsp3) is 0.429. The summed E-state index contributed by atoms with van der Waals surface area (Å²) in [5.41, 5.74) is 0.647. The smallest absolute Gasteiger partial charge is 0.232 e. The van der Waals surface area contributed by atoms with Gasteiger partial charge in [0, 0.05) is 18.0 Å². The summed E-state index contributed by atoms with van der Waals surface area (Å²) < 4.78 is 0. The van der Waals surface area contributed by atoms with E-state index >= 15 is 0 Å². The lowest BCUT2D eigenvalue weighted by Crippen LogP contribution is -2.36. The van der Waals surface area contributed by atoms with Crippen LogP contribution in [0.1, 0.15) is 24.8 Å². The van der Waals surface area contributed by atoms with Crippen molar-refractivity contribution in [2.45, 2.75) is 24.2 Å². The van der Waals surface area contributed by atoms with E-state index in [1.54, 1.807) is 6.07 Å². The predicted molar refractivity (Wildman–Crippen MR) is 72.3 cm³/mol. The minimum absolute atomic E-state index is 0.187. The van der Waals surface area contributed by atoms with Crippen LogP contribution in [0, 0.1) is 11.3 Å². The van der Waals surface area contributed by atoms with E-state index in [4.69, 9.17) is 5.26 Å². The SMILES string of the molecule is N#Cc1ccccc1SCC(=O)N1CCCCC1. The first-order chi connectivity index (χ1) is 8.81. The Morgan fingerprint density at radius 3 is 2.72 bits per heavy atom. The molecule has 0 atom stereocenters. The number of hydrogen-bond donors (Lipinski definition) is 0. The highest BCUT2D eigenvalue weighted by Crippen LogP contribution is 2.22. The third-order valence-electron chi connectivity index (χ3n) is 3.07. The number of hydrogen-bond acceptors (Lipinski definition) is 3. The lowest BCUT2D eigenvalue weighted by atomic mass is 10.1. The lowest BCUT2D eigenvalue weighted by molar-refractivity contribution is -0.129. The van der Waals surface area contributed by atoms with Gasteiger partial charge in [-0.2, -0.15) is 5.26 Å². The zero-order chi connectivity index (χ0) is 12.8. The van der Waals surface area contributed by atoms with Crippen molar-refractivity contribution in [3.8, 4) is 6.07 Å². The molecule has 0 aromatic heterocycles. The summed E-state index contributed by atoms with van der Waals surface area (Å²) in [6.07, 6.45) is 3.46. The number of carbonyl (C=O) groups is 1. The molecule has 1 amide bonds. The molecule has 18 heavy (non-hydrogen) atoms. The van der Waals surface area contributed by atoms with Crippen molar-refractivity contribution in [1.29, 1.82) is 5.26 Å². The summed E-state index contributed by atoms with van der Waals surface area (Å²) in [6.45, 7) is 1.78. The molecule has 1 aliphatic heterocycles. The summed E-state index contributed by atoms with van der Waals surface area (Å²) in [5.74, 6) is 0.617. The molecule has 0 aliphatic carbocycles. The van der Waals surface area contributed by atoms with Crippen LogP contribution in [-0.2, 0) is 4.79 Å². The highest BCUT2D eigenvalue weighted by atomic mass is 32.2. The number of thioether (sulfide) groups is 1. The van der Waals surface area contributed by atoms with Gasteiger partial charge in [0.05, 0.1) is 11.3 Å². The minimum atomic E-state index is 0.187. The van der Waals surface area contributed by atoms with Crippen LogP contribution in [0.4, 0.5) is 0 Å². The van der Waals surface area contributed by atoms with Crippen LogP contribution in [0.5, 0.6) is 0 Å². The van der Waals surface area contributed by atoms with Gasteiger partial charge in [-0.05, 0) is 31.4 Å². The maximum Gasteiger partial charge on any atom is 0.232 e. The molecule has 4 heteroatoms. The zero-order valence-electron chi connectivity index (χ0n) is 10.3. The van der Waals surface area contributed by atoms with Crippen molar-refractivity contribution >= 4 is 17.7 Å². The molecule has 3 nitrogen and oxygen atoms in total. The number of amides is 1. The van der Waals surface area contributed by atoms with E-state index < -0.39 is 0 Å². The van der Waals surface area contributed by atoms with E-state index in [-0.39, 0.29) is 5.91 Å². The number of carbonyl (C=O) groups excluding carboxylic acids is 1. The van der Waals surface area contributed by atoms with Gasteiger partial charge in [-0.1, -0.05) is 12.1 Å². The molecule has 1 fully saturated rings. The van der Waals surface area contributed by atoms with Gasteiger partial charge in [-0.15, -0.1) is 11.8 Å². The Hall–Kier alpha value is -1.47. The molecule has 1 aromatic carbocycles. The van der Waals surface area contributed by atoms with Crippen LogP contribution in [0.25, 0.3) is 0 Å². The average molecular weight is 260 g/mol. The third kappa shape index (κ3) is 3.27. The number of piperidine rings is 1. The predicted octanol–water partition coefficient (Wildman–Crippen LogP) is 2.66. The van der Waals surface area contributed by atoms with Gasteiger partial charge in [-0.3, -0.25) is 4.79 Å². The first-order valence-electron chi connectivity index (χ1n) is 6.21. The van der Waals surface area contributed by atoms with Crippen molar-refractivity contribution in [3.63, 3.8) is 0 Å². The fourth-order valence-electron chi connectivity index (χ4n) is 2.06. The summed E-state index contributed by atoms with van der Waals surface area (Å²) in [5, 5.41) is 8.97. The van der Waals surface area contributed by atoms with E-state index in [2.05, 4.69) is 6.07 Å². The van der Waals surface area contributed by atoms with E-state index in [0.29, 0.717) is 11.3 Å². The number of likely N-dealkylation sites (tertiary alicyclic amines) is 1. The van der Waals surface area contributed by atoms with E-state index in [0.717, 1.165) is 30.8 Å². The van der Waals surface area contributed by atoms with Gasteiger partial charge in [0.1, 0.15) is 6.07 Å². The van der Waals surface area contributed by atoms with Crippen LogP contribution in [0.15, 0.2) is 29.2 Å². The van der Waals surface area contributed by atoms with Gasteiger partial charge in [0.25, 0.3) is 0 Å². The first-order valence-corrected chi connectivity index (χ1v) is 7.19. The van der Waals surface area contributed by atoms with Gasteiger partial charge < -0.3 is 4.90 Å². The third-order valence-corrected chi connectivity index (χ3v) is 4.13. The quantitative estimate of drug-likeness (QED) is 0.785. The van der Waals surface area contributed by atoms with Crippen LogP contribution in [0.3, 0.4) is 0 Å². The van der Waals surface area contributed by atoms with Crippen molar-refractivity contribution in [2.75, 3.05) is 18.8 Å². The molecule has 0 N–H and O–H groups in total. The zero-order valence-corrected chi connectivity index (χ0v) is 11.1. The topological polar surface area (TPSA) is 44.1 Å². The molecule has 1 saturated heterocycles. The fourth-order valence-corrected chi connectivity index (χ4v) is 2.96. The van der Waals surface area contributed by atoms with E-state index in [1.165, 1.54) is 18.2 Å². The molecule has 2 rings (SSSR count). The maximum absolute atomic E-state index is 12.0. The maximum atomic E-state index is 12.0. The summed E-state index contributed by atoms with van der Waals surface area (Å²) >= 11 is 1.46. The second-order valence-corrected chi connectivity index (χ2v) is 5.36. The molecular formula is C14H16N2OS. The molecule has 0 spiro atoms. The molecule has 1 aromatic rings. The van der Waals surface area contributed by atoms with E-state index in [1.807, 2.05) is 23.1 Å². The number of benzene rings is 1. The number of rotatable bonds is 3. The van der Waals surface area contributed by atoms with Gasteiger partial charge in [-0.25, -0.2) is 0 Å². The van der Waals surface area contributed by atoms with E-state index in [9.17, 15) is 4.79 Å². The Kier molecular flexibility index (Phi) is 4.66. The number of nitriles is 1. The summed E-state index contributed by atoms with van der Waals surface area (Å²) in [7, 11) is 0. The Labute approximate surface area is 112 Å². The lowest BCUT2D eigenvalue weighted by Gasteiger charge is -2.26. The van der Waals surface area contributed by atoms with Crippen LogP contribution < -0.4 is 0 Å². The highest BCUT2D eigenvalue weighted by Gasteiger charge is 2.16. The first kappa shape index (κ1) is 13.0. The van der Waals surface area contributed by atoms with Crippen molar-refractivity contribution in [1.82, 2.24) is 4.90 Å². The molecule has 0 unspecified atom stereocenters. The average Bonchev–Trinajstić information content (AvgIpc) is 2.46. The molecule has 0 saturated carbocycles. The standard InChI is InChI=1S/C14H16N2OS/c15-10-12-6-2-3-7-13(12)18-11-14(17)16-8-4-1-5-9-16/h2-3,6-7H,1,4-5,8-9,11H2. The molecule has 0 bridgehead atoms. The van der Waals surface area contributed by atoms with Gasteiger partial charge in [0.15, 0.2) is 0 Å². The molecule has 1 heterocycles. The largest absolute Gasteiger partial charge is 0.342 e. The number of nitrogens with zero attached hydrogens (tertiary/aromatic N) is 2. The summed E-state index contributed by atoms with van der Waals surface area (Å²) in [6, 6.07) is 9.57. The van der Waals surface area contributed by atoms with Crippen LogP contribution >= 0.6 is 11.8 Å². The molecule has 94 valence electrons. The van der Waals surface area contributed by atoms with Crippen molar-refractivity contribution in [2.24, 2.45) is 0 Å². The normalized spacial score (nSPS) is 15.2. The van der Waals surface area contributed by atoms with Crippen molar-refractivity contribution in [3.05, 3.63) is 29.8 Å².